The van der Waals surface area contributed by atoms with E-state index in [2.05, 4.69) is 4.98 Å². The number of benzene rings is 1. The van der Waals surface area contributed by atoms with Gasteiger partial charge in [0.05, 0.1) is 17.9 Å². The third-order valence-corrected chi connectivity index (χ3v) is 4.59. The monoisotopic (exact) mass is 339 g/mol. The molecule has 1 aliphatic rings. The Labute approximate surface area is 144 Å². The number of rotatable bonds is 3. The van der Waals surface area contributed by atoms with Crippen molar-refractivity contribution in [1.82, 2.24) is 14.5 Å². The Morgan fingerprint density at radius 3 is 2.92 bits per heavy atom. The van der Waals surface area contributed by atoms with Gasteiger partial charge < -0.3 is 13.9 Å². The van der Waals surface area contributed by atoms with Crippen LogP contribution in [0.2, 0.25) is 0 Å². The topological polar surface area (TPSA) is 51.3 Å². The van der Waals surface area contributed by atoms with Crippen LogP contribution in [-0.4, -0.2) is 33.4 Å². The highest BCUT2D eigenvalue weighted by molar-refractivity contribution is 5.92. The van der Waals surface area contributed by atoms with Crippen LogP contribution < -0.4 is 0 Å². The Kier molecular flexibility index (Phi) is 4.09. The molecule has 0 unspecified atom stereocenters. The number of halogens is 1. The number of hydrogen-bond donors (Lipinski definition) is 0. The zero-order valence-corrected chi connectivity index (χ0v) is 13.6. The van der Waals surface area contributed by atoms with Gasteiger partial charge in [0.15, 0.2) is 5.76 Å². The molecule has 0 saturated carbocycles. The predicted octanol–water partition coefficient (Wildman–Crippen LogP) is 3.76. The summed E-state index contributed by atoms with van der Waals surface area (Å²) in [4.78, 5) is 18.6. The first-order valence-electron chi connectivity index (χ1n) is 8.34. The average molecular weight is 339 g/mol. The first-order chi connectivity index (χ1) is 12.2. The van der Waals surface area contributed by atoms with Gasteiger partial charge in [-0.15, -0.1) is 0 Å². The van der Waals surface area contributed by atoms with Crippen LogP contribution in [0.3, 0.4) is 0 Å². The third-order valence-electron chi connectivity index (χ3n) is 4.59. The van der Waals surface area contributed by atoms with Crippen LogP contribution in [0.5, 0.6) is 0 Å². The molecular formula is C19H18FN3O2. The molecule has 0 aliphatic carbocycles. The second-order valence-corrected chi connectivity index (χ2v) is 6.20. The summed E-state index contributed by atoms with van der Waals surface area (Å²) in [5.41, 5.74) is 0.358. The van der Waals surface area contributed by atoms with Crippen LogP contribution in [0.25, 0.3) is 11.3 Å². The van der Waals surface area contributed by atoms with E-state index in [9.17, 15) is 9.18 Å². The summed E-state index contributed by atoms with van der Waals surface area (Å²) in [6.07, 6.45) is 7.38. The number of likely N-dealkylation sites (tertiary alicyclic amines) is 1. The van der Waals surface area contributed by atoms with Gasteiger partial charge in [0.25, 0.3) is 5.91 Å². The molecule has 1 fully saturated rings. The SMILES string of the molecule is O=C(c1ccc(-c2ccccc2F)o1)N1CCC[C@@H](n2ccnc2)C1. The number of furan rings is 1. The van der Waals surface area contributed by atoms with Gasteiger partial charge in [0.1, 0.15) is 11.6 Å². The van der Waals surface area contributed by atoms with Crippen molar-refractivity contribution in [3.05, 3.63) is 66.7 Å². The van der Waals surface area contributed by atoms with E-state index in [4.69, 9.17) is 4.42 Å². The first-order valence-corrected chi connectivity index (χ1v) is 8.34. The molecule has 6 heteroatoms. The number of amides is 1. The minimum Gasteiger partial charge on any atom is -0.451 e. The van der Waals surface area contributed by atoms with Gasteiger partial charge in [-0.1, -0.05) is 12.1 Å². The third kappa shape index (κ3) is 3.07. The lowest BCUT2D eigenvalue weighted by Crippen LogP contribution is -2.40. The summed E-state index contributed by atoms with van der Waals surface area (Å²) in [6.45, 7) is 1.31. The Balaban J connectivity index is 1.52. The molecule has 1 atom stereocenters. The average Bonchev–Trinajstić information content (AvgIpc) is 3.34. The summed E-state index contributed by atoms with van der Waals surface area (Å²) in [6, 6.07) is 9.85. The minimum atomic E-state index is -0.367. The first kappa shape index (κ1) is 15.6. The Morgan fingerprint density at radius 1 is 1.24 bits per heavy atom. The molecule has 3 aromatic rings. The van der Waals surface area contributed by atoms with Gasteiger partial charge >= 0.3 is 0 Å². The van der Waals surface area contributed by atoms with Gasteiger partial charge in [-0.2, -0.15) is 0 Å². The molecular weight excluding hydrogens is 321 g/mol. The summed E-state index contributed by atoms with van der Waals surface area (Å²) < 4.78 is 21.6. The second-order valence-electron chi connectivity index (χ2n) is 6.20. The van der Waals surface area contributed by atoms with Crippen LogP contribution in [0.4, 0.5) is 4.39 Å². The molecule has 128 valence electrons. The lowest BCUT2D eigenvalue weighted by molar-refractivity contribution is 0.0648. The van der Waals surface area contributed by atoms with E-state index in [1.165, 1.54) is 6.07 Å². The minimum absolute atomic E-state index is 0.160. The second kappa shape index (κ2) is 6.55. The van der Waals surface area contributed by atoms with Gasteiger partial charge in [0, 0.05) is 25.5 Å². The number of imidazole rings is 1. The van der Waals surface area contributed by atoms with Crippen molar-refractivity contribution in [3.63, 3.8) is 0 Å². The number of hydrogen-bond acceptors (Lipinski definition) is 3. The van der Waals surface area contributed by atoms with Crippen molar-refractivity contribution in [2.45, 2.75) is 18.9 Å². The van der Waals surface area contributed by atoms with Crippen molar-refractivity contribution in [3.8, 4) is 11.3 Å². The number of aromatic nitrogens is 2. The molecule has 4 rings (SSSR count). The molecule has 0 bridgehead atoms. The Bertz CT molecular complexity index is 872. The van der Waals surface area contributed by atoms with E-state index in [-0.39, 0.29) is 23.5 Å². The lowest BCUT2D eigenvalue weighted by Gasteiger charge is -2.32. The van der Waals surface area contributed by atoms with E-state index in [0.717, 1.165) is 12.8 Å². The fraction of sp³-hybridized carbons (Fsp3) is 0.263. The molecule has 1 amide bonds. The highest BCUT2D eigenvalue weighted by Gasteiger charge is 2.27. The van der Waals surface area contributed by atoms with E-state index in [0.29, 0.717) is 24.4 Å². The number of carbonyl (C=O) groups excluding carboxylic acids is 1. The molecule has 5 nitrogen and oxygen atoms in total. The van der Waals surface area contributed by atoms with Crippen molar-refractivity contribution < 1.29 is 13.6 Å². The highest BCUT2D eigenvalue weighted by atomic mass is 19.1. The standard InChI is InChI=1S/C19H18FN3O2/c20-16-6-2-1-5-15(16)17-7-8-18(25-17)19(24)22-10-3-4-14(12-22)23-11-9-21-13-23/h1-2,5-9,11,13-14H,3-4,10,12H2/t14-/m1/s1. The van der Waals surface area contributed by atoms with E-state index >= 15 is 0 Å². The molecule has 1 aliphatic heterocycles. The fourth-order valence-electron chi connectivity index (χ4n) is 3.28. The number of nitrogens with zero attached hydrogens (tertiary/aromatic N) is 3. The van der Waals surface area contributed by atoms with E-state index in [1.54, 1.807) is 47.8 Å². The van der Waals surface area contributed by atoms with Crippen LogP contribution in [0, 0.1) is 5.82 Å². The van der Waals surface area contributed by atoms with Crippen molar-refractivity contribution >= 4 is 5.91 Å². The Morgan fingerprint density at radius 2 is 2.12 bits per heavy atom. The molecule has 3 heterocycles. The highest BCUT2D eigenvalue weighted by Crippen LogP contribution is 2.27. The summed E-state index contributed by atoms with van der Waals surface area (Å²) in [5, 5.41) is 0. The largest absolute Gasteiger partial charge is 0.451 e. The van der Waals surface area contributed by atoms with E-state index in [1.807, 2.05) is 10.8 Å². The molecule has 2 aromatic heterocycles. The smallest absolute Gasteiger partial charge is 0.289 e. The quantitative estimate of drug-likeness (QED) is 0.730. The maximum Gasteiger partial charge on any atom is 0.289 e. The number of piperidine rings is 1. The molecule has 0 radical (unpaired) electrons. The van der Waals surface area contributed by atoms with Crippen molar-refractivity contribution in [1.29, 1.82) is 0 Å². The number of carbonyl (C=O) groups is 1. The van der Waals surface area contributed by atoms with Gasteiger partial charge in [0.2, 0.25) is 0 Å². The summed E-state index contributed by atoms with van der Waals surface area (Å²) in [5.74, 6) is 0.0792. The molecule has 1 aromatic carbocycles. The van der Waals surface area contributed by atoms with Gasteiger partial charge in [-0.25, -0.2) is 9.37 Å². The predicted molar refractivity (Wildman–Crippen MR) is 90.5 cm³/mol. The van der Waals surface area contributed by atoms with Crippen LogP contribution in [-0.2, 0) is 0 Å². The lowest BCUT2D eigenvalue weighted by atomic mass is 10.1. The van der Waals surface area contributed by atoms with Crippen molar-refractivity contribution in [2.24, 2.45) is 0 Å². The normalized spacial score (nSPS) is 17.6. The van der Waals surface area contributed by atoms with Crippen molar-refractivity contribution in [2.75, 3.05) is 13.1 Å². The van der Waals surface area contributed by atoms with Crippen LogP contribution in [0.1, 0.15) is 29.4 Å². The molecule has 0 spiro atoms. The Hall–Kier alpha value is -2.89. The summed E-state index contributed by atoms with van der Waals surface area (Å²) in [7, 11) is 0. The zero-order valence-electron chi connectivity index (χ0n) is 13.6. The maximum absolute atomic E-state index is 13.9. The summed E-state index contributed by atoms with van der Waals surface area (Å²) >= 11 is 0. The van der Waals surface area contributed by atoms with Gasteiger partial charge in [-0.05, 0) is 37.1 Å². The van der Waals surface area contributed by atoms with Crippen LogP contribution >= 0.6 is 0 Å². The molecule has 25 heavy (non-hydrogen) atoms. The maximum atomic E-state index is 13.9. The van der Waals surface area contributed by atoms with Gasteiger partial charge in [-0.3, -0.25) is 4.79 Å². The van der Waals surface area contributed by atoms with E-state index < -0.39 is 0 Å². The fourth-order valence-corrected chi connectivity index (χ4v) is 3.28. The molecule has 0 N–H and O–H groups in total. The zero-order chi connectivity index (χ0) is 17.2. The van der Waals surface area contributed by atoms with Crippen LogP contribution in [0.15, 0.2) is 59.5 Å². The molecule has 1 saturated heterocycles.